The molecule has 2 aliphatic rings. The number of benzene rings is 1. The Kier molecular flexibility index (Phi) is 4.69. The summed E-state index contributed by atoms with van der Waals surface area (Å²) in [5.41, 5.74) is 6.99. The zero-order valence-corrected chi connectivity index (χ0v) is 13.9. The highest BCUT2D eigenvalue weighted by Crippen LogP contribution is 2.39. The van der Waals surface area contributed by atoms with Gasteiger partial charge in [0.25, 0.3) is 0 Å². The molecule has 1 aliphatic carbocycles. The van der Waals surface area contributed by atoms with Gasteiger partial charge in [0.2, 0.25) is 5.91 Å². The number of nitrogens with one attached hydrogen (secondary N) is 3. The summed E-state index contributed by atoms with van der Waals surface area (Å²) in [5.74, 6) is 0.277. The zero-order chi connectivity index (χ0) is 16.4. The van der Waals surface area contributed by atoms with Crippen molar-refractivity contribution in [1.82, 2.24) is 16.2 Å². The van der Waals surface area contributed by atoms with Gasteiger partial charge in [-0.25, -0.2) is 9.82 Å². The lowest BCUT2D eigenvalue weighted by Crippen LogP contribution is -2.51. The van der Waals surface area contributed by atoms with E-state index in [-0.39, 0.29) is 23.3 Å². The summed E-state index contributed by atoms with van der Waals surface area (Å²) >= 11 is 0. The van der Waals surface area contributed by atoms with E-state index in [0.29, 0.717) is 12.0 Å². The topological polar surface area (TPSA) is 53.2 Å². The molecule has 1 aromatic carbocycles. The average molecular weight is 319 g/mol. The van der Waals surface area contributed by atoms with E-state index in [1.54, 1.807) is 12.1 Å². The molecule has 1 aliphatic heterocycles. The number of hydrazine groups is 1. The second-order valence-corrected chi connectivity index (χ2v) is 7.21. The fourth-order valence-corrected chi connectivity index (χ4v) is 3.75. The molecule has 1 amide bonds. The minimum absolute atomic E-state index is 0.0341. The molecule has 3 rings (SSSR count). The van der Waals surface area contributed by atoms with Gasteiger partial charge in [-0.3, -0.25) is 10.2 Å². The SMILES string of the molecule is CC(C)C1CC(C(=O)NC2(c3ccc(F)cc3)CCCC2)NN1. The standard InChI is InChI=1S/C18H26FN3O/c1-12(2)15-11-16(22-21-15)17(23)20-18(9-3-4-10-18)13-5-7-14(19)8-6-13/h5-8,12,15-16,21-22H,3-4,9-11H2,1-2H3,(H,20,23). The maximum Gasteiger partial charge on any atom is 0.239 e. The van der Waals surface area contributed by atoms with Crippen LogP contribution in [0.25, 0.3) is 0 Å². The van der Waals surface area contributed by atoms with Crippen molar-refractivity contribution in [2.75, 3.05) is 0 Å². The predicted molar refractivity (Wildman–Crippen MR) is 88.0 cm³/mol. The van der Waals surface area contributed by atoms with E-state index in [0.717, 1.165) is 37.7 Å². The average Bonchev–Trinajstić information content (AvgIpc) is 3.17. The molecule has 4 nitrogen and oxygen atoms in total. The van der Waals surface area contributed by atoms with Crippen molar-refractivity contribution in [3.63, 3.8) is 0 Å². The molecule has 5 heteroatoms. The molecule has 2 atom stereocenters. The fourth-order valence-electron chi connectivity index (χ4n) is 3.75. The summed E-state index contributed by atoms with van der Waals surface area (Å²) in [4.78, 5) is 12.7. The van der Waals surface area contributed by atoms with E-state index in [9.17, 15) is 9.18 Å². The summed E-state index contributed by atoms with van der Waals surface area (Å²) in [5, 5.41) is 3.27. The van der Waals surface area contributed by atoms with Crippen LogP contribution < -0.4 is 16.2 Å². The molecule has 2 fully saturated rings. The molecule has 1 heterocycles. The summed E-state index contributed by atoms with van der Waals surface area (Å²) < 4.78 is 13.2. The van der Waals surface area contributed by atoms with E-state index in [1.165, 1.54) is 12.1 Å². The largest absolute Gasteiger partial charge is 0.345 e. The highest BCUT2D eigenvalue weighted by atomic mass is 19.1. The number of hydrogen-bond acceptors (Lipinski definition) is 3. The first kappa shape index (κ1) is 16.4. The molecule has 2 unspecified atom stereocenters. The quantitative estimate of drug-likeness (QED) is 0.799. The van der Waals surface area contributed by atoms with Gasteiger partial charge in [-0.1, -0.05) is 38.8 Å². The molecular weight excluding hydrogens is 293 g/mol. The van der Waals surface area contributed by atoms with Gasteiger partial charge < -0.3 is 5.32 Å². The summed E-state index contributed by atoms with van der Waals surface area (Å²) in [7, 11) is 0. The summed E-state index contributed by atoms with van der Waals surface area (Å²) in [6.45, 7) is 4.30. The van der Waals surface area contributed by atoms with Crippen molar-refractivity contribution >= 4 is 5.91 Å². The van der Waals surface area contributed by atoms with Gasteiger partial charge in [0, 0.05) is 6.04 Å². The van der Waals surface area contributed by atoms with Crippen LogP contribution in [0.15, 0.2) is 24.3 Å². The number of rotatable bonds is 4. The number of hydrogen-bond donors (Lipinski definition) is 3. The maximum absolute atomic E-state index is 13.2. The van der Waals surface area contributed by atoms with Crippen LogP contribution in [0.5, 0.6) is 0 Å². The van der Waals surface area contributed by atoms with Crippen LogP contribution in [0.2, 0.25) is 0 Å². The summed E-state index contributed by atoms with van der Waals surface area (Å²) in [6, 6.07) is 6.67. The van der Waals surface area contributed by atoms with Gasteiger partial charge in [-0.2, -0.15) is 0 Å². The third-order valence-corrected chi connectivity index (χ3v) is 5.27. The van der Waals surface area contributed by atoms with Crippen LogP contribution in [0.3, 0.4) is 0 Å². The Labute approximate surface area is 137 Å². The van der Waals surface area contributed by atoms with Crippen molar-refractivity contribution in [3.8, 4) is 0 Å². The Bertz CT molecular complexity index is 552. The lowest BCUT2D eigenvalue weighted by atomic mass is 9.87. The van der Waals surface area contributed by atoms with Gasteiger partial charge in [-0.15, -0.1) is 0 Å². The van der Waals surface area contributed by atoms with Crippen LogP contribution in [-0.2, 0) is 10.3 Å². The van der Waals surface area contributed by atoms with Gasteiger partial charge in [0.1, 0.15) is 11.9 Å². The molecule has 0 radical (unpaired) electrons. The van der Waals surface area contributed by atoms with Crippen LogP contribution >= 0.6 is 0 Å². The number of carbonyl (C=O) groups excluding carboxylic acids is 1. The van der Waals surface area contributed by atoms with Crippen LogP contribution in [-0.4, -0.2) is 18.0 Å². The van der Waals surface area contributed by atoms with Gasteiger partial charge in [-0.05, 0) is 42.9 Å². The van der Waals surface area contributed by atoms with E-state index < -0.39 is 0 Å². The van der Waals surface area contributed by atoms with Crippen molar-refractivity contribution in [2.45, 2.75) is 63.6 Å². The predicted octanol–water partition coefficient (Wildman–Crippen LogP) is 2.60. The van der Waals surface area contributed by atoms with Crippen LogP contribution in [0, 0.1) is 11.7 Å². The molecule has 0 bridgehead atoms. The van der Waals surface area contributed by atoms with E-state index in [4.69, 9.17) is 0 Å². The smallest absolute Gasteiger partial charge is 0.239 e. The van der Waals surface area contributed by atoms with Crippen LogP contribution in [0.1, 0.15) is 51.5 Å². The van der Waals surface area contributed by atoms with E-state index in [1.807, 2.05) is 0 Å². The van der Waals surface area contributed by atoms with Crippen molar-refractivity contribution in [3.05, 3.63) is 35.6 Å². The van der Waals surface area contributed by atoms with Crippen molar-refractivity contribution in [1.29, 1.82) is 0 Å². The Morgan fingerprint density at radius 2 is 1.87 bits per heavy atom. The lowest BCUT2D eigenvalue weighted by molar-refractivity contribution is -0.125. The monoisotopic (exact) mass is 319 g/mol. The van der Waals surface area contributed by atoms with Gasteiger partial charge in [0.05, 0.1) is 5.54 Å². The first-order chi connectivity index (χ1) is 11.0. The highest BCUT2D eigenvalue weighted by molar-refractivity contribution is 5.83. The molecule has 0 spiro atoms. The minimum Gasteiger partial charge on any atom is -0.345 e. The molecule has 1 saturated carbocycles. The molecule has 1 saturated heterocycles. The van der Waals surface area contributed by atoms with Crippen LogP contribution in [0.4, 0.5) is 4.39 Å². The fraction of sp³-hybridized carbons (Fsp3) is 0.611. The number of halogens is 1. The molecular formula is C18H26FN3O. The second kappa shape index (κ2) is 6.57. The highest BCUT2D eigenvalue weighted by Gasteiger charge is 2.40. The first-order valence-electron chi connectivity index (χ1n) is 8.59. The molecule has 0 aromatic heterocycles. The number of amides is 1. The van der Waals surface area contributed by atoms with Crippen molar-refractivity contribution in [2.24, 2.45) is 5.92 Å². The normalized spacial score (nSPS) is 26.6. The Hall–Kier alpha value is -1.46. The van der Waals surface area contributed by atoms with E-state index >= 15 is 0 Å². The maximum atomic E-state index is 13.2. The minimum atomic E-state index is -0.345. The summed E-state index contributed by atoms with van der Waals surface area (Å²) in [6.07, 6.45) is 4.80. The lowest BCUT2D eigenvalue weighted by Gasteiger charge is -2.32. The Morgan fingerprint density at radius 1 is 1.22 bits per heavy atom. The molecule has 126 valence electrons. The first-order valence-corrected chi connectivity index (χ1v) is 8.59. The third-order valence-electron chi connectivity index (χ3n) is 5.27. The zero-order valence-electron chi connectivity index (χ0n) is 13.9. The van der Waals surface area contributed by atoms with Gasteiger partial charge in [0.15, 0.2) is 0 Å². The Morgan fingerprint density at radius 3 is 2.43 bits per heavy atom. The number of carbonyl (C=O) groups is 1. The molecule has 1 aromatic rings. The second-order valence-electron chi connectivity index (χ2n) is 7.21. The van der Waals surface area contributed by atoms with E-state index in [2.05, 4.69) is 30.0 Å². The Balaban J connectivity index is 1.73. The van der Waals surface area contributed by atoms with Crippen molar-refractivity contribution < 1.29 is 9.18 Å². The van der Waals surface area contributed by atoms with Gasteiger partial charge >= 0.3 is 0 Å². The molecule has 3 N–H and O–H groups in total. The third kappa shape index (κ3) is 3.40. The molecule has 23 heavy (non-hydrogen) atoms.